The fourth-order valence-corrected chi connectivity index (χ4v) is 5.95. The molecule has 0 fully saturated rings. The summed E-state index contributed by atoms with van der Waals surface area (Å²) in [5, 5.41) is 0. The molecule has 0 spiro atoms. The van der Waals surface area contributed by atoms with Crippen LogP contribution in [0.2, 0.25) is 0 Å². The van der Waals surface area contributed by atoms with E-state index < -0.39 is 0 Å². The van der Waals surface area contributed by atoms with Gasteiger partial charge >= 0.3 is 0 Å². The Morgan fingerprint density at radius 2 is 1.66 bits per heavy atom. The van der Waals surface area contributed by atoms with E-state index in [1.165, 1.54) is 39.0 Å². The van der Waals surface area contributed by atoms with Gasteiger partial charge in [-0.05, 0) is 77.5 Å². The molecule has 2 atom stereocenters. The smallest absolute Gasteiger partial charge is 0.0312 e. The molecule has 2 aromatic carbocycles. The van der Waals surface area contributed by atoms with Crippen LogP contribution < -0.4 is 0 Å². The molecule has 0 nitrogen and oxygen atoms in total. The molecule has 0 aromatic heterocycles. The number of hydrogen-bond acceptors (Lipinski definition) is 0. The molecule has 0 radical (unpaired) electrons. The Morgan fingerprint density at radius 3 is 2.20 bits per heavy atom. The molecular weight excluding hydrogens is 420 g/mol. The predicted octanol–water partition coefficient (Wildman–Crippen LogP) is 10.2. The Bertz CT molecular complexity index is 1140. The van der Waals surface area contributed by atoms with E-state index in [0.717, 1.165) is 19.3 Å². The first-order valence-electron chi connectivity index (χ1n) is 13.4. The van der Waals surface area contributed by atoms with Gasteiger partial charge in [-0.3, -0.25) is 0 Å². The Labute approximate surface area is 214 Å². The molecule has 2 aromatic rings. The maximum absolute atomic E-state index is 4.11. The van der Waals surface area contributed by atoms with Crippen molar-refractivity contribution in [2.24, 2.45) is 0 Å². The van der Waals surface area contributed by atoms with Crippen molar-refractivity contribution in [1.82, 2.24) is 0 Å². The molecule has 0 N–H and O–H groups in total. The minimum atomic E-state index is -0.139. The topological polar surface area (TPSA) is 0 Å². The Hall–Kier alpha value is -2.86. The quantitative estimate of drug-likeness (QED) is 0.373. The molecule has 0 saturated carbocycles. The average Bonchev–Trinajstić information content (AvgIpc) is 3.52. The third-order valence-electron chi connectivity index (χ3n) is 7.55. The van der Waals surface area contributed by atoms with Crippen LogP contribution in [0, 0.1) is 0 Å². The molecule has 0 amide bonds. The van der Waals surface area contributed by atoms with E-state index in [9.17, 15) is 0 Å². The van der Waals surface area contributed by atoms with Crippen LogP contribution in [0.25, 0.3) is 5.57 Å². The lowest BCUT2D eigenvalue weighted by Crippen LogP contribution is -2.35. The van der Waals surface area contributed by atoms with E-state index in [1.807, 2.05) is 13.8 Å². The third-order valence-corrected chi connectivity index (χ3v) is 7.55. The molecule has 0 aliphatic heterocycles. The molecule has 4 rings (SSSR count). The number of fused-ring (bicyclic) bond motifs is 1. The first-order valence-corrected chi connectivity index (χ1v) is 13.4. The Morgan fingerprint density at radius 1 is 0.943 bits per heavy atom. The van der Waals surface area contributed by atoms with Crippen LogP contribution in [0.1, 0.15) is 95.9 Å². The summed E-state index contributed by atoms with van der Waals surface area (Å²) < 4.78 is 0. The first-order chi connectivity index (χ1) is 16.9. The van der Waals surface area contributed by atoms with Gasteiger partial charge in [-0.15, -0.1) is 6.58 Å². The van der Waals surface area contributed by atoms with Crippen LogP contribution in [-0.2, 0) is 10.8 Å². The molecule has 2 unspecified atom stereocenters. The number of allylic oxidation sites excluding steroid dienone is 9. The minimum absolute atomic E-state index is 0.109. The fourth-order valence-electron chi connectivity index (χ4n) is 5.95. The second-order valence-electron chi connectivity index (χ2n) is 10.4. The van der Waals surface area contributed by atoms with Gasteiger partial charge in [0.25, 0.3) is 0 Å². The molecule has 0 saturated heterocycles. The fraction of sp³-hybridized carbons (Fsp3) is 0.371. The van der Waals surface area contributed by atoms with Crippen molar-refractivity contribution < 1.29 is 0 Å². The molecule has 0 bridgehead atoms. The Kier molecular flexibility index (Phi) is 8.60. The van der Waals surface area contributed by atoms with Crippen molar-refractivity contribution in [3.63, 3.8) is 0 Å². The highest BCUT2D eigenvalue weighted by Gasteiger charge is 2.49. The monoisotopic (exact) mass is 464 g/mol. The van der Waals surface area contributed by atoms with Gasteiger partial charge in [0.2, 0.25) is 0 Å². The van der Waals surface area contributed by atoms with Gasteiger partial charge in [-0.2, -0.15) is 0 Å². The summed E-state index contributed by atoms with van der Waals surface area (Å²) in [5.74, 6) is 0.266. The molecule has 0 heteroatoms. The van der Waals surface area contributed by atoms with Crippen molar-refractivity contribution in [1.29, 1.82) is 0 Å². The van der Waals surface area contributed by atoms with Crippen LogP contribution in [0.5, 0.6) is 0 Å². The van der Waals surface area contributed by atoms with Gasteiger partial charge in [-0.1, -0.05) is 120 Å². The van der Waals surface area contributed by atoms with E-state index in [2.05, 4.69) is 126 Å². The minimum Gasteiger partial charge on any atom is -0.103 e. The molecule has 35 heavy (non-hydrogen) atoms. The zero-order valence-corrected chi connectivity index (χ0v) is 23.0. The summed E-state index contributed by atoms with van der Waals surface area (Å²) in [6.45, 7) is 19.5. The number of benzene rings is 2. The van der Waals surface area contributed by atoms with E-state index in [1.54, 1.807) is 0 Å². The van der Waals surface area contributed by atoms with Crippen LogP contribution in [0.15, 0.2) is 103 Å². The van der Waals surface area contributed by atoms with Crippen molar-refractivity contribution in [2.45, 2.75) is 84.5 Å². The van der Waals surface area contributed by atoms with Crippen molar-refractivity contribution in [3.8, 4) is 0 Å². The van der Waals surface area contributed by atoms with Gasteiger partial charge in [0.05, 0.1) is 0 Å². The van der Waals surface area contributed by atoms with Crippen LogP contribution in [0.3, 0.4) is 0 Å². The molecule has 184 valence electrons. The van der Waals surface area contributed by atoms with Gasteiger partial charge < -0.3 is 0 Å². The zero-order valence-electron chi connectivity index (χ0n) is 23.0. The van der Waals surface area contributed by atoms with E-state index in [4.69, 9.17) is 0 Å². The first kappa shape index (κ1) is 26.7. The van der Waals surface area contributed by atoms with Gasteiger partial charge in [0.1, 0.15) is 0 Å². The number of rotatable bonds is 6. The highest BCUT2D eigenvalue weighted by atomic mass is 14.5. The van der Waals surface area contributed by atoms with Crippen LogP contribution >= 0.6 is 0 Å². The van der Waals surface area contributed by atoms with Gasteiger partial charge in [0, 0.05) is 11.3 Å². The maximum Gasteiger partial charge on any atom is 0.0312 e. The largest absolute Gasteiger partial charge is 0.103 e. The summed E-state index contributed by atoms with van der Waals surface area (Å²) in [6, 6.07) is 18.4. The molecule has 2 aliphatic carbocycles. The Balaban J connectivity index is 0.00000167. The van der Waals surface area contributed by atoms with E-state index in [0.29, 0.717) is 0 Å². The standard InChI is InChI=1S/C33H38.C2H6/c1-7-10-22-33(25-18-14-15-19-25,24-16-12-11-13-17-24)31-28(9-3)27(8-2)29-21-20-26(23-30(29)31)32(4,5)6;1-2/h7-9,11-14,16-21,23,31H,1,10,15,22H2,2-6H3;1-2H3/b27-8+,28-9+;. The van der Waals surface area contributed by atoms with Crippen molar-refractivity contribution in [3.05, 3.63) is 125 Å². The van der Waals surface area contributed by atoms with Gasteiger partial charge in [-0.25, -0.2) is 0 Å². The summed E-state index contributed by atoms with van der Waals surface area (Å²) in [7, 11) is 0. The lowest BCUT2D eigenvalue weighted by Gasteiger charge is -2.42. The van der Waals surface area contributed by atoms with Crippen LogP contribution in [0.4, 0.5) is 0 Å². The SMILES string of the molecule is C=CCCC(C1=CCC=C1)(c1ccccc1)C1C(=C/C)/C(=C\C)c2ccc(C(C)(C)C)cc21.CC. The highest BCUT2D eigenvalue weighted by molar-refractivity contribution is 5.89. The highest BCUT2D eigenvalue weighted by Crippen LogP contribution is 2.60. The molecule has 0 heterocycles. The van der Waals surface area contributed by atoms with Crippen LogP contribution in [-0.4, -0.2) is 0 Å². The van der Waals surface area contributed by atoms with Crippen molar-refractivity contribution in [2.75, 3.05) is 0 Å². The molecular formula is C35H44. The summed E-state index contributed by atoms with van der Waals surface area (Å²) >= 11 is 0. The maximum atomic E-state index is 4.11. The normalized spacial score (nSPS) is 20.8. The summed E-state index contributed by atoms with van der Waals surface area (Å²) in [5.41, 5.74) is 9.93. The summed E-state index contributed by atoms with van der Waals surface area (Å²) in [4.78, 5) is 0. The predicted molar refractivity (Wildman–Crippen MR) is 156 cm³/mol. The lowest BCUT2D eigenvalue weighted by atomic mass is 9.60. The zero-order chi connectivity index (χ0) is 25.6. The second kappa shape index (κ2) is 11.3. The summed E-state index contributed by atoms with van der Waals surface area (Å²) in [6.07, 6.45) is 16.9. The van der Waals surface area contributed by atoms with E-state index >= 15 is 0 Å². The second-order valence-corrected chi connectivity index (χ2v) is 10.4. The lowest BCUT2D eigenvalue weighted by molar-refractivity contribution is 0.425. The average molecular weight is 465 g/mol. The van der Waals surface area contributed by atoms with Crippen molar-refractivity contribution >= 4 is 5.57 Å². The third kappa shape index (κ3) is 4.81. The van der Waals surface area contributed by atoms with Gasteiger partial charge in [0.15, 0.2) is 0 Å². The number of hydrogen-bond donors (Lipinski definition) is 0. The molecule has 2 aliphatic rings. The van der Waals surface area contributed by atoms with E-state index in [-0.39, 0.29) is 16.7 Å².